The topological polar surface area (TPSA) is 0 Å². The second kappa shape index (κ2) is 4.45. The summed E-state index contributed by atoms with van der Waals surface area (Å²) in [5.74, 6) is 2.56. The van der Waals surface area contributed by atoms with Gasteiger partial charge < -0.3 is 0 Å². The van der Waals surface area contributed by atoms with Crippen LogP contribution in [0.3, 0.4) is 0 Å². The van der Waals surface area contributed by atoms with E-state index in [1.807, 2.05) is 23.5 Å². The van der Waals surface area contributed by atoms with Crippen molar-refractivity contribution >= 4 is 29.6 Å². The molecular weight excluding hydrogens is 208 g/mol. The summed E-state index contributed by atoms with van der Waals surface area (Å²) >= 11 is 4.08. The first-order chi connectivity index (χ1) is 6.79. The van der Waals surface area contributed by atoms with Crippen LogP contribution < -0.4 is 0 Å². The van der Waals surface area contributed by atoms with E-state index in [1.54, 1.807) is 0 Å². The molecular formula is C12H14S2. The van der Waals surface area contributed by atoms with E-state index in [4.69, 9.17) is 0 Å². The maximum absolute atomic E-state index is 2.32. The highest BCUT2D eigenvalue weighted by Gasteiger charge is 2.26. The molecule has 1 fully saturated rings. The molecule has 0 spiro atoms. The molecule has 2 heteroatoms. The number of benzene rings is 1. The lowest BCUT2D eigenvalue weighted by Gasteiger charge is -2.15. The largest absolute Gasteiger partial charge is 0.139 e. The molecule has 0 aliphatic carbocycles. The maximum Gasteiger partial charge on any atom is 0.0767 e. The summed E-state index contributed by atoms with van der Waals surface area (Å²) in [6.07, 6.45) is 4.55. The van der Waals surface area contributed by atoms with Crippen molar-refractivity contribution in [3.63, 3.8) is 0 Å². The van der Waals surface area contributed by atoms with Crippen LogP contribution in [-0.4, -0.2) is 15.6 Å². The number of hydrogen-bond acceptors (Lipinski definition) is 2. The van der Waals surface area contributed by atoms with Crippen LogP contribution in [0.2, 0.25) is 0 Å². The highest BCUT2D eigenvalue weighted by atomic mass is 32.2. The molecule has 1 aromatic rings. The maximum atomic E-state index is 2.32. The van der Waals surface area contributed by atoms with Crippen molar-refractivity contribution in [2.24, 2.45) is 0 Å². The second-order valence-electron chi connectivity index (χ2n) is 3.46. The number of hydrogen-bond donors (Lipinski definition) is 0. The van der Waals surface area contributed by atoms with Gasteiger partial charge in [0.15, 0.2) is 0 Å². The van der Waals surface area contributed by atoms with E-state index in [-0.39, 0.29) is 0 Å². The lowest BCUT2D eigenvalue weighted by atomic mass is 10.2. The minimum Gasteiger partial charge on any atom is -0.139 e. The SMILES string of the molecule is CC1(/C=C/c2ccccc2)SCCS1. The van der Waals surface area contributed by atoms with Crippen LogP contribution in [0.5, 0.6) is 0 Å². The third kappa shape index (κ3) is 2.58. The molecule has 2 rings (SSSR count). The smallest absolute Gasteiger partial charge is 0.0767 e. The monoisotopic (exact) mass is 222 g/mol. The van der Waals surface area contributed by atoms with Gasteiger partial charge in [0.1, 0.15) is 0 Å². The summed E-state index contributed by atoms with van der Waals surface area (Å²) in [6.45, 7) is 2.30. The van der Waals surface area contributed by atoms with E-state index in [9.17, 15) is 0 Å². The molecule has 0 bridgehead atoms. The Kier molecular flexibility index (Phi) is 3.24. The predicted octanol–water partition coefficient (Wildman–Crippen LogP) is 3.90. The number of rotatable bonds is 2. The fraction of sp³-hybridized carbons (Fsp3) is 0.333. The summed E-state index contributed by atoms with van der Waals surface area (Å²) < 4.78 is 0.301. The molecule has 0 saturated carbocycles. The minimum atomic E-state index is 0.301. The van der Waals surface area contributed by atoms with Gasteiger partial charge in [-0.05, 0) is 12.5 Å². The highest BCUT2D eigenvalue weighted by Crippen LogP contribution is 2.44. The summed E-state index contributed by atoms with van der Waals surface area (Å²) in [4.78, 5) is 0. The summed E-state index contributed by atoms with van der Waals surface area (Å²) in [6, 6.07) is 10.5. The van der Waals surface area contributed by atoms with Crippen LogP contribution in [0, 0.1) is 0 Å². The van der Waals surface area contributed by atoms with Crippen molar-refractivity contribution in [3.05, 3.63) is 42.0 Å². The van der Waals surface area contributed by atoms with Crippen molar-refractivity contribution in [2.45, 2.75) is 11.0 Å². The zero-order chi connectivity index (χ0) is 9.86. The van der Waals surface area contributed by atoms with Gasteiger partial charge in [-0.2, -0.15) is 0 Å². The third-order valence-electron chi connectivity index (χ3n) is 2.24. The van der Waals surface area contributed by atoms with Crippen molar-refractivity contribution in [1.82, 2.24) is 0 Å². The highest BCUT2D eigenvalue weighted by molar-refractivity contribution is 8.21. The van der Waals surface area contributed by atoms with E-state index in [0.717, 1.165) is 0 Å². The molecule has 1 aromatic carbocycles. The van der Waals surface area contributed by atoms with E-state index in [1.165, 1.54) is 17.1 Å². The molecule has 1 saturated heterocycles. The van der Waals surface area contributed by atoms with Crippen molar-refractivity contribution in [3.8, 4) is 0 Å². The van der Waals surface area contributed by atoms with Gasteiger partial charge in [-0.1, -0.05) is 42.5 Å². The van der Waals surface area contributed by atoms with Gasteiger partial charge in [0.2, 0.25) is 0 Å². The molecule has 0 aromatic heterocycles. The first kappa shape index (κ1) is 10.2. The van der Waals surface area contributed by atoms with E-state index in [2.05, 4.69) is 49.4 Å². The van der Waals surface area contributed by atoms with E-state index >= 15 is 0 Å². The van der Waals surface area contributed by atoms with Gasteiger partial charge in [0.05, 0.1) is 4.08 Å². The lowest BCUT2D eigenvalue weighted by molar-refractivity contribution is 1.18. The third-order valence-corrected chi connectivity index (χ3v) is 5.44. The molecule has 0 nitrogen and oxygen atoms in total. The molecule has 0 atom stereocenters. The Morgan fingerprint density at radius 1 is 1.14 bits per heavy atom. The van der Waals surface area contributed by atoms with Crippen LogP contribution in [0.1, 0.15) is 12.5 Å². The Balaban J connectivity index is 2.06. The van der Waals surface area contributed by atoms with Crippen LogP contribution in [-0.2, 0) is 0 Å². The fourth-order valence-corrected chi connectivity index (χ4v) is 4.08. The first-order valence-electron chi connectivity index (χ1n) is 4.81. The van der Waals surface area contributed by atoms with Crippen LogP contribution in [0.25, 0.3) is 6.08 Å². The minimum absolute atomic E-state index is 0.301. The van der Waals surface area contributed by atoms with Crippen molar-refractivity contribution < 1.29 is 0 Å². The zero-order valence-corrected chi connectivity index (χ0v) is 9.91. The molecule has 1 aliphatic rings. The van der Waals surface area contributed by atoms with Crippen LogP contribution >= 0.6 is 23.5 Å². The normalized spacial score (nSPS) is 20.4. The molecule has 0 amide bonds. The predicted molar refractivity (Wildman–Crippen MR) is 68.8 cm³/mol. The summed E-state index contributed by atoms with van der Waals surface area (Å²) in [5, 5.41) is 0. The first-order valence-corrected chi connectivity index (χ1v) is 6.78. The van der Waals surface area contributed by atoms with Crippen molar-refractivity contribution in [1.29, 1.82) is 0 Å². The summed E-state index contributed by atoms with van der Waals surface area (Å²) in [5.41, 5.74) is 1.29. The average Bonchev–Trinajstić information content (AvgIpc) is 2.65. The summed E-state index contributed by atoms with van der Waals surface area (Å²) in [7, 11) is 0. The van der Waals surface area contributed by atoms with Gasteiger partial charge in [-0.3, -0.25) is 0 Å². The molecule has 0 unspecified atom stereocenters. The lowest BCUT2D eigenvalue weighted by Crippen LogP contribution is -2.04. The Labute approximate surface area is 94.2 Å². The second-order valence-corrected chi connectivity index (χ2v) is 6.81. The fourth-order valence-electron chi connectivity index (χ4n) is 1.44. The Morgan fingerprint density at radius 2 is 1.79 bits per heavy atom. The van der Waals surface area contributed by atoms with Gasteiger partial charge >= 0.3 is 0 Å². The Bertz CT molecular complexity index is 310. The zero-order valence-electron chi connectivity index (χ0n) is 8.27. The van der Waals surface area contributed by atoms with Gasteiger partial charge in [0.25, 0.3) is 0 Å². The van der Waals surface area contributed by atoms with Gasteiger partial charge in [-0.25, -0.2) is 0 Å². The Hall–Kier alpha value is -0.340. The van der Waals surface area contributed by atoms with Gasteiger partial charge in [0, 0.05) is 11.5 Å². The molecule has 0 N–H and O–H groups in total. The Morgan fingerprint density at radius 3 is 2.43 bits per heavy atom. The van der Waals surface area contributed by atoms with E-state index in [0.29, 0.717) is 4.08 Å². The molecule has 14 heavy (non-hydrogen) atoms. The van der Waals surface area contributed by atoms with Crippen LogP contribution in [0.4, 0.5) is 0 Å². The average molecular weight is 222 g/mol. The van der Waals surface area contributed by atoms with Gasteiger partial charge in [-0.15, -0.1) is 23.5 Å². The molecule has 1 heterocycles. The van der Waals surface area contributed by atoms with Crippen molar-refractivity contribution in [2.75, 3.05) is 11.5 Å². The molecule has 0 radical (unpaired) electrons. The molecule has 1 aliphatic heterocycles. The quantitative estimate of drug-likeness (QED) is 0.744. The van der Waals surface area contributed by atoms with E-state index < -0.39 is 0 Å². The molecule has 74 valence electrons. The standard InChI is InChI=1S/C12H14S2/c1-12(13-9-10-14-12)8-7-11-5-3-2-4-6-11/h2-8H,9-10H2,1H3/b8-7+. The van der Waals surface area contributed by atoms with Crippen LogP contribution in [0.15, 0.2) is 36.4 Å². The number of thioether (sulfide) groups is 2.